The highest BCUT2D eigenvalue weighted by atomic mass is 19.3. The molecule has 0 fully saturated rings. The molecule has 0 radical (unpaired) electrons. The Balaban J connectivity index is 1.45. The van der Waals surface area contributed by atoms with Crippen LogP contribution in [0.4, 0.5) is 14.6 Å². The van der Waals surface area contributed by atoms with Gasteiger partial charge in [-0.25, -0.2) is 9.78 Å². The predicted molar refractivity (Wildman–Crippen MR) is 115 cm³/mol. The smallest absolute Gasteiger partial charge is 0.492 e. The van der Waals surface area contributed by atoms with Crippen LogP contribution in [-0.2, 0) is 10.2 Å². The molecule has 0 saturated heterocycles. The van der Waals surface area contributed by atoms with Crippen molar-refractivity contribution < 1.29 is 37.7 Å². The van der Waals surface area contributed by atoms with Gasteiger partial charge < -0.3 is 24.6 Å². The van der Waals surface area contributed by atoms with Gasteiger partial charge in [-0.1, -0.05) is 18.2 Å². The van der Waals surface area contributed by atoms with Gasteiger partial charge in [0.05, 0.1) is 11.3 Å². The summed E-state index contributed by atoms with van der Waals surface area (Å²) in [5.74, 6) is -1.32. The molecule has 2 aliphatic rings. The van der Waals surface area contributed by atoms with Crippen LogP contribution < -0.4 is 19.5 Å². The van der Waals surface area contributed by atoms with Gasteiger partial charge in [-0.05, 0) is 43.7 Å². The summed E-state index contributed by atoms with van der Waals surface area (Å²) in [5, 5.41) is 12.0. The number of nitrogens with one attached hydrogen (secondary N) is 1. The van der Waals surface area contributed by atoms with Crippen molar-refractivity contribution in [2.45, 2.75) is 25.6 Å². The number of carbonyl (C=O) groups excluding carboxylic acids is 1. The third kappa shape index (κ3) is 3.57. The van der Waals surface area contributed by atoms with Crippen LogP contribution in [0.2, 0.25) is 0 Å². The maximum absolute atomic E-state index is 13.4. The highest BCUT2D eigenvalue weighted by Gasteiger charge is 2.49. The van der Waals surface area contributed by atoms with Crippen molar-refractivity contribution in [3.05, 3.63) is 65.2 Å². The lowest BCUT2D eigenvalue weighted by atomic mass is 9.83. The van der Waals surface area contributed by atoms with Crippen molar-refractivity contribution in [1.82, 2.24) is 4.98 Å². The van der Waals surface area contributed by atoms with Crippen LogP contribution in [-0.4, -0.2) is 34.9 Å². The van der Waals surface area contributed by atoms with E-state index >= 15 is 0 Å². The summed E-state index contributed by atoms with van der Waals surface area (Å²) in [6.07, 6.45) is -3.78. The van der Waals surface area contributed by atoms with Crippen molar-refractivity contribution in [1.29, 1.82) is 0 Å². The van der Waals surface area contributed by atoms with E-state index in [2.05, 4.69) is 19.8 Å². The fourth-order valence-electron chi connectivity index (χ4n) is 3.89. The van der Waals surface area contributed by atoms with E-state index < -0.39 is 23.6 Å². The molecule has 1 amide bonds. The quantitative estimate of drug-likeness (QED) is 0.586. The molecular formula is C24H18F2N2O6. The number of ether oxygens (including phenoxy) is 3. The zero-order chi connectivity index (χ0) is 24.3. The number of hydrogen-bond donors (Lipinski definition) is 2. The van der Waals surface area contributed by atoms with Gasteiger partial charge in [0, 0.05) is 17.2 Å². The zero-order valence-electron chi connectivity index (χ0n) is 18.0. The Morgan fingerprint density at radius 3 is 2.53 bits per heavy atom. The number of aryl methyl sites for hydroxylation is 1. The van der Waals surface area contributed by atoms with E-state index in [1.807, 2.05) is 0 Å². The first-order valence-electron chi connectivity index (χ1n) is 10.3. The summed E-state index contributed by atoms with van der Waals surface area (Å²) in [5.41, 5.74) is 1.01. The number of fused-ring (bicyclic) bond motifs is 2. The summed E-state index contributed by atoms with van der Waals surface area (Å²) >= 11 is 0. The molecule has 174 valence electrons. The second-order valence-electron chi connectivity index (χ2n) is 8.29. The summed E-state index contributed by atoms with van der Waals surface area (Å²) < 4.78 is 41.5. The summed E-state index contributed by atoms with van der Waals surface area (Å²) in [4.78, 5) is 29.1. The maximum atomic E-state index is 13.4. The number of aromatic carboxylic acids is 1. The standard InChI is InChI=1S/C24H18F2N2O6/c1-12-6-7-16(13-4-3-5-14(8-13)21(29)30)27-20(12)28-22(31)23(2)11-32-17-10-19-18(9-15(17)23)33-24(25,26)34-19/h3-10H,11H2,1-2H3,(H,29,30)(H,27,28,31)/t23-/m0/s1. The molecule has 2 N–H and O–H groups in total. The highest BCUT2D eigenvalue weighted by molar-refractivity contribution is 6.00. The van der Waals surface area contributed by atoms with Gasteiger partial charge >= 0.3 is 12.3 Å². The van der Waals surface area contributed by atoms with Crippen LogP contribution in [0.25, 0.3) is 11.3 Å². The maximum Gasteiger partial charge on any atom is 0.586 e. The number of rotatable bonds is 4. The Morgan fingerprint density at radius 2 is 1.79 bits per heavy atom. The van der Waals surface area contributed by atoms with E-state index in [0.29, 0.717) is 22.4 Å². The summed E-state index contributed by atoms with van der Waals surface area (Å²) in [6, 6.07) is 12.4. The SMILES string of the molecule is Cc1ccc(-c2cccc(C(=O)O)c2)nc1NC(=O)[C@@]1(C)COc2cc3c(cc21)OC(F)(F)O3. The number of alkyl halides is 2. The monoisotopic (exact) mass is 468 g/mol. The van der Waals surface area contributed by atoms with E-state index in [9.17, 15) is 23.5 Å². The average molecular weight is 468 g/mol. The number of carbonyl (C=O) groups is 2. The van der Waals surface area contributed by atoms with E-state index in [-0.39, 0.29) is 35.2 Å². The number of anilines is 1. The van der Waals surface area contributed by atoms with Gasteiger partial charge in [-0.15, -0.1) is 8.78 Å². The van der Waals surface area contributed by atoms with Gasteiger partial charge in [0.15, 0.2) is 11.5 Å². The molecule has 10 heteroatoms. The molecule has 0 aliphatic carbocycles. The van der Waals surface area contributed by atoms with Crippen molar-refractivity contribution in [3.8, 4) is 28.5 Å². The highest BCUT2D eigenvalue weighted by Crippen LogP contribution is 2.50. The topological polar surface area (TPSA) is 107 Å². The predicted octanol–water partition coefficient (Wildman–Crippen LogP) is 4.37. The molecule has 8 nitrogen and oxygen atoms in total. The first kappa shape index (κ1) is 21.6. The Labute approximate surface area is 192 Å². The minimum atomic E-state index is -3.78. The Bertz CT molecular complexity index is 1360. The van der Waals surface area contributed by atoms with Gasteiger partial charge in [-0.2, -0.15) is 0 Å². The summed E-state index contributed by atoms with van der Waals surface area (Å²) in [7, 11) is 0. The van der Waals surface area contributed by atoms with Gasteiger partial charge in [0.25, 0.3) is 0 Å². The molecule has 0 saturated carbocycles. The Kier molecular flexibility index (Phi) is 4.71. The Hall–Kier alpha value is -4.21. The number of amides is 1. The van der Waals surface area contributed by atoms with Crippen molar-refractivity contribution in [3.63, 3.8) is 0 Å². The average Bonchev–Trinajstić information content (AvgIpc) is 3.28. The van der Waals surface area contributed by atoms with Crippen LogP contribution >= 0.6 is 0 Å². The molecule has 3 aromatic rings. The third-order valence-corrected chi connectivity index (χ3v) is 5.85. The molecule has 0 unspecified atom stereocenters. The number of nitrogens with zero attached hydrogens (tertiary/aromatic N) is 1. The molecule has 5 rings (SSSR count). The third-order valence-electron chi connectivity index (χ3n) is 5.85. The molecule has 34 heavy (non-hydrogen) atoms. The number of halogens is 2. The number of aromatic nitrogens is 1. The number of benzene rings is 2. The normalized spacial score (nSPS) is 19.3. The van der Waals surface area contributed by atoms with Gasteiger partial charge in [-0.3, -0.25) is 4.79 Å². The van der Waals surface area contributed by atoms with E-state index in [4.69, 9.17) is 4.74 Å². The fraction of sp³-hybridized carbons (Fsp3) is 0.208. The van der Waals surface area contributed by atoms with Crippen molar-refractivity contribution in [2.75, 3.05) is 11.9 Å². The van der Waals surface area contributed by atoms with E-state index in [1.165, 1.54) is 24.3 Å². The molecule has 3 heterocycles. The number of carboxylic acid groups (broad SMARTS) is 1. The zero-order valence-corrected chi connectivity index (χ0v) is 18.0. The number of pyridine rings is 1. The first-order valence-corrected chi connectivity index (χ1v) is 10.3. The van der Waals surface area contributed by atoms with Gasteiger partial charge in [0.1, 0.15) is 23.6 Å². The molecule has 0 bridgehead atoms. The molecule has 0 spiro atoms. The second kappa shape index (κ2) is 7.41. The lowest BCUT2D eigenvalue weighted by Crippen LogP contribution is -2.39. The van der Waals surface area contributed by atoms with E-state index in [1.54, 1.807) is 38.1 Å². The number of hydrogen-bond acceptors (Lipinski definition) is 6. The number of carboxylic acids is 1. The first-order chi connectivity index (χ1) is 16.1. The van der Waals surface area contributed by atoms with Crippen molar-refractivity contribution in [2.24, 2.45) is 0 Å². The van der Waals surface area contributed by atoms with Crippen LogP contribution in [0.15, 0.2) is 48.5 Å². The second-order valence-corrected chi connectivity index (χ2v) is 8.29. The molecular weight excluding hydrogens is 450 g/mol. The van der Waals surface area contributed by atoms with Crippen LogP contribution in [0.1, 0.15) is 28.4 Å². The lowest BCUT2D eigenvalue weighted by Gasteiger charge is -2.22. The minimum absolute atomic E-state index is 0.0210. The summed E-state index contributed by atoms with van der Waals surface area (Å²) in [6.45, 7) is 3.37. The van der Waals surface area contributed by atoms with Crippen LogP contribution in [0, 0.1) is 6.92 Å². The van der Waals surface area contributed by atoms with Crippen molar-refractivity contribution >= 4 is 17.7 Å². The minimum Gasteiger partial charge on any atom is -0.492 e. The molecule has 2 aliphatic heterocycles. The van der Waals surface area contributed by atoms with Gasteiger partial charge in [0.2, 0.25) is 5.91 Å². The van der Waals surface area contributed by atoms with Crippen LogP contribution in [0.3, 0.4) is 0 Å². The molecule has 1 atom stereocenters. The van der Waals surface area contributed by atoms with Crippen LogP contribution in [0.5, 0.6) is 17.2 Å². The largest absolute Gasteiger partial charge is 0.586 e. The lowest BCUT2D eigenvalue weighted by molar-refractivity contribution is -0.286. The molecule has 1 aromatic heterocycles. The fourth-order valence-corrected chi connectivity index (χ4v) is 3.89. The molecule has 2 aromatic carbocycles. The van der Waals surface area contributed by atoms with E-state index in [0.717, 1.165) is 0 Å². The Morgan fingerprint density at radius 1 is 1.06 bits per heavy atom.